The SMILES string of the molecule is CNc1cc(C)cnc1N(C)C. The Morgan fingerprint density at radius 1 is 1.42 bits per heavy atom. The molecule has 3 nitrogen and oxygen atoms in total. The van der Waals surface area contributed by atoms with Crippen molar-refractivity contribution in [3.63, 3.8) is 0 Å². The Bertz CT molecular complexity index is 268. The second-order valence-corrected chi connectivity index (χ2v) is 3.03. The fourth-order valence-electron chi connectivity index (χ4n) is 1.10. The molecule has 1 aromatic rings. The van der Waals surface area contributed by atoms with Gasteiger partial charge < -0.3 is 10.2 Å². The van der Waals surface area contributed by atoms with E-state index in [4.69, 9.17) is 0 Å². The average Bonchev–Trinajstić information content (AvgIpc) is 2.03. The van der Waals surface area contributed by atoms with Crippen LogP contribution in [0.5, 0.6) is 0 Å². The van der Waals surface area contributed by atoms with Crippen LogP contribution in [0.2, 0.25) is 0 Å². The Hall–Kier alpha value is -1.25. The zero-order valence-electron chi connectivity index (χ0n) is 8.05. The van der Waals surface area contributed by atoms with E-state index in [0.29, 0.717) is 0 Å². The Morgan fingerprint density at radius 2 is 2.08 bits per heavy atom. The Balaban J connectivity index is 3.11. The largest absolute Gasteiger partial charge is 0.385 e. The number of hydrogen-bond acceptors (Lipinski definition) is 3. The van der Waals surface area contributed by atoms with E-state index >= 15 is 0 Å². The normalized spacial score (nSPS) is 9.67. The lowest BCUT2D eigenvalue weighted by Crippen LogP contribution is -2.12. The van der Waals surface area contributed by atoms with Crippen molar-refractivity contribution >= 4 is 11.5 Å². The lowest BCUT2D eigenvalue weighted by atomic mass is 10.3. The standard InChI is InChI=1S/C9H15N3/c1-7-5-8(10-2)9(11-6-7)12(3)4/h5-6,10H,1-4H3. The molecule has 0 atom stereocenters. The van der Waals surface area contributed by atoms with Gasteiger partial charge in [0.15, 0.2) is 5.82 Å². The summed E-state index contributed by atoms with van der Waals surface area (Å²) in [5.41, 5.74) is 2.24. The van der Waals surface area contributed by atoms with Gasteiger partial charge in [-0.1, -0.05) is 0 Å². The van der Waals surface area contributed by atoms with Crippen LogP contribution in [0.15, 0.2) is 12.3 Å². The topological polar surface area (TPSA) is 28.2 Å². The highest BCUT2D eigenvalue weighted by Crippen LogP contribution is 2.21. The van der Waals surface area contributed by atoms with Gasteiger partial charge in [-0.05, 0) is 18.6 Å². The van der Waals surface area contributed by atoms with Crippen molar-refractivity contribution in [2.75, 3.05) is 31.4 Å². The fourth-order valence-corrected chi connectivity index (χ4v) is 1.10. The molecule has 0 bridgehead atoms. The van der Waals surface area contributed by atoms with E-state index in [9.17, 15) is 0 Å². The molecule has 0 saturated carbocycles. The molecule has 0 saturated heterocycles. The lowest BCUT2D eigenvalue weighted by molar-refractivity contribution is 1.06. The van der Waals surface area contributed by atoms with Crippen LogP contribution in [0.4, 0.5) is 11.5 Å². The van der Waals surface area contributed by atoms with E-state index in [0.717, 1.165) is 11.5 Å². The van der Waals surface area contributed by atoms with Gasteiger partial charge in [-0.2, -0.15) is 0 Å². The van der Waals surface area contributed by atoms with Gasteiger partial charge >= 0.3 is 0 Å². The van der Waals surface area contributed by atoms with Crippen LogP contribution < -0.4 is 10.2 Å². The first-order chi connectivity index (χ1) is 5.65. The third-order valence-corrected chi connectivity index (χ3v) is 1.70. The van der Waals surface area contributed by atoms with Crippen LogP contribution in [0.1, 0.15) is 5.56 Å². The summed E-state index contributed by atoms with van der Waals surface area (Å²) < 4.78 is 0. The highest BCUT2D eigenvalue weighted by Gasteiger charge is 2.03. The van der Waals surface area contributed by atoms with E-state index in [1.807, 2.05) is 39.2 Å². The molecule has 1 aromatic heterocycles. The summed E-state index contributed by atoms with van der Waals surface area (Å²) in [7, 11) is 5.88. The van der Waals surface area contributed by atoms with E-state index in [2.05, 4.69) is 16.4 Å². The van der Waals surface area contributed by atoms with Crippen molar-refractivity contribution in [2.45, 2.75) is 6.92 Å². The van der Waals surface area contributed by atoms with Crippen LogP contribution in [-0.4, -0.2) is 26.1 Å². The molecule has 0 aliphatic heterocycles. The first-order valence-electron chi connectivity index (χ1n) is 3.97. The number of aryl methyl sites for hydroxylation is 1. The molecule has 0 aromatic carbocycles. The molecule has 12 heavy (non-hydrogen) atoms. The summed E-state index contributed by atoms with van der Waals surface area (Å²) in [6, 6.07) is 2.09. The van der Waals surface area contributed by atoms with Crippen LogP contribution >= 0.6 is 0 Å². The smallest absolute Gasteiger partial charge is 0.151 e. The molecule has 0 spiro atoms. The third-order valence-electron chi connectivity index (χ3n) is 1.70. The number of hydrogen-bond donors (Lipinski definition) is 1. The molecule has 1 rings (SSSR count). The van der Waals surface area contributed by atoms with E-state index in [-0.39, 0.29) is 0 Å². The van der Waals surface area contributed by atoms with Crippen molar-refractivity contribution in [1.82, 2.24) is 4.98 Å². The first kappa shape index (κ1) is 8.84. The first-order valence-corrected chi connectivity index (χ1v) is 3.97. The minimum absolute atomic E-state index is 0.975. The highest BCUT2D eigenvalue weighted by atomic mass is 15.2. The van der Waals surface area contributed by atoms with Crippen LogP contribution in [0, 0.1) is 6.92 Å². The number of anilines is 2. The summed E-state index contributed by atoms with van der Waals surface area (Å²) >= 11 is 0. The second kappa shape index (κ2) is 3.43. The zero-order chi connectivity index (χ0) is 9.14. The zero-order valence-corrected chi connectivity index (χ0v) is 8.05. The highest BCUT2D eigenvalue weighted by molar-refractivity contribution is 5.65. The summed E-state index contributed by atoms with van der Waals surface area (Å²) in [5.74, 6) is 0.975. The predicted octanol–water partition coefficient (Wildman–Crippen LogP) is 1.50. The van der Waals surface area contributed by atoms with Gasteiger partial charge in [0, 0.05) is 27.3 Å². The summed E-state index contributed by atoms with van der Waals surface area (Å²) in [6.07, 6.45) is 1.87. The Kier molecular flexibility index (Phi) is 2.53. The molecule has 1 N–H and O–H groups in total. The average molecular weight is 165 g/mol. The molecule has 1 heterocycles. The minimum Gasteiger partial charge on any atom is -0.385 e. The quantitative estimate of drug-likeness (QED) is 0.719. The maximum absolute atomic E-state index is 4.31. The number of rotatable bonds is 2. The second-order valence-electron chi connectivity index (χ2n) is 3.03. The van der Waals surface area contributed by atoms with Crippen LogP contribution in [0.25, 0.3) is 0 Å². The molecule has 0 amide bonds. The third kappa shape index (κ3) is 1.67. The maximum atomic E-state index is 4.31. The minimum atomic E-state index is 0.975. The molecule has 0 unspecified atom stereocenters. The number of nitrogens with one attached hydrogen (secondary N) is 1. The lowest BCUT2D eigenvalue weighted by Gasteiger charge is -2.15. The van der Waals surface area contributed by atoms with Crippen molar-refractivity contribution in [3.8, 4) is 0 Å². The number of pyridine rings is 1. The van der Waals surface area contributed by atoms with E-state index < -0.39 is 0 Å². The van der Waals surface area contributed by atoms with Crippen molar-refractivity contribution in [2.24, 2.45) is 0 Å². The molecular formula is C9H15N3. The molecule has 0 radical (unpaired) electrons. The van der Waals surface area contributed by atoms with Gasteiger partial charge in [-0.3, -0.25) is 0 Å². The Morgan fingerprint density at radius 3 is 2.58 bits per heavy atom. The van der Waals surface area contributed by atoms with Gasteiger partial charge in [0.1, 0.15) is 0 Å². The monoisotopic (exact) mass is 165 g/mol. The summed E-state index contributed by atoms with van der Waals surface area (Å²) in [4.78, 5) is 6.30. The van der Waals surface area contributed by atoms with Gasteiger partial charge in [0.2, 0.25) is 0 Å². The van der Waals surface area contributed by atoms with Gasteiger partial charge in [-0.15, -0.1) is 0 Å². The number of nitrogens with zero attached hydrogens (tertiary/aromatic N) is 2. The Labute approximate surface area is 73.4 Å². The van der Waals surface area contributed by atoms with Crippen LogP contribution in [-0.2, 0) is 0 Å². The molecular weight excluding hydrogens is 150 g/mol. The summed E-state index contributed by atoms with van der Waals surface area (Å²) in [5, 5.41) is 3.11. The van der Waals surface area contributed by atoms with E-state index in [1.165, 1.54) is 5.56 Å². The van der Waals surface area contributed by atoms with Gasteiger partial charge in [0.25, 0.3) is 0 Å². The summed E-state index contributed by atoms with van der Waals surface area (Å²) in [6.45, 7) is 2.04. The van der Waals surface area contributed by atoms with Crippen molar-refractivity contribution in [3.05, 3.63) is 17.8 Å². The van der Waals surface area contributed by atoms with Crippen molar-refractivity contribution < 1.29 is 0 Å². The van der Waals surface area contributed by atoms with Gasteiger partial charge in [-0.25, -0.2) is 4.98 Å². The molecule has 66 valence electrons. The van der Waals surface area contributed by atoms with Gasteiger partial charge in [0.05, 0.1) is 5.69 Å². The van der Waals surface area contributed by atoms with E-state index in [1.54, 1.807) is 0 Å². The molecule has 0 aliphatic carbocycles. The maximum Gasteiger partial charge on any atom is 0.151 e. The van der Waals surface area contributed by atoms with Crippen LogP contribution in [0.3, 0.4) is 0 Å². The van der Waals surface area contributed by atoms with Crippen molar-refractivity contribution in [1.29, 1.82) is 0 Å². The molecule has 3 heteroatoms. The fraction of sp³-hybridized carbons (Fsp3) is 0.444. The number of aromatic nitrogens is 1. The molecule has 0 aliphatic rings. The predicted molar refractivity (Wildman–Crippen MR) is 52.8 cm³/mol. The molecule has 0 fully saturated rings.